The van der Waals surface area contributed by atoms with Crippen LogP contribution in [0.1, 0.15) is 24.1 Å². The Morgan fingerprint density at radius 3 is 2.67 bits per heavy atom. The lowest BCUT2D eigenvalue weighted by Crippen LogP contribution is -2.27. The fourth-order valence-electron chi connectivity index (χ4n) is 2.69. The molecule has 110 valence electrons. The number of thioether (sulfide) groups is 1. The summed E-state index contributed by atoms with van der Waals surface area (Å²) in [5.41, 5.74) is 2.79. The molecule has 0 saturated carbocycles. The van der Waals surface area contributed by atoms with Gasteiger partial charge in [0.2, 0.25) is 0 Å². The van der Waals surface area contributed by atoms with Crippen LogP contribution in [0.15, 0.2) is 53.4 Å². The minimum atomic E-state index is 0.361. The summed E-state index contributed by atoms with van der Waals surface area (Å²) >= 11 is 2.00. The van der Waals surface area contributed by atoms with E-state index in [1.54, 1.807) is 7.11 Å². The Bertz CT molecular complexity index is 571. The van der Waals surface area contributed by atoms with Crippen molar-refractivity contribution >= 4 is 11.8 Å². The Morgan fingerprint density at radius 1 is 1.19 bits per heavy atom. The summed E-state index contributed by atoms with van der Waals surface area (Å²) in [5.74, 6) is 0.910. The zero-order valence-electron chi connectivity index (χ0n) is 12.5. The molecule has 0 bridgehead atoms. The molecule has 0 fully saturated rings. The smallest absolute Gasteiger partial charge is 0.118 e. The fraction of sp³-hybridized carbons (Fsp3) is 0.333. The minimum Gasteiger partial charge on any atom is -0.497 e. The molecule has 1 aliphatic heterocycles. The standard InChI is InChI=1S/C18H21NOS/c1-13(14-7-9-16(20-2)10-8-14)19-12-17-11-15-5-3-4-6-18(15)21-17/h3-10,13,17,19H,11-12H2,1-2H3. The van der Waals surface area contributed by atoms with E-state index in [2.05, 4.69) is 48.6 Å². The highest BCUT2D eigenvalue weighted by atomic mass is 32.2. The molecular weight excluding hydrogens is 278 g/mol. The molecule has 2 aromatic carbocycles. The highest BCUT2D eigenvalue weighted by Gasteiger charge is 2.21. The summed E-state index contributed by atoms with van der Waals surface area (Å²) in [5, 5.41) is 4.29. The Balaban J connectivity index is 1.53. The zero-order chi connectivity index (χ0) is 14.7. The molecule has 2 aromatic rings. The third-order valence-corrected chi connectivity index (χ3v) is 5.30. The van der Waals surface area contributed by atoms with Crippen molar-refractivity contribution in [2.45, 2.75) is 29.5 Å². The lowest BCUT2D eigenvalue weighted by molar-refractivity contribution is 0.414. The van der Waals surface area contributed by atoms with Crippen LogP contribution in [0.5, 0.6) is 5.75 Å². The second-order valence-electron chi connectivity index (χ2n) is 5.45. The lowest BCUT2D eigenvalue weighted by atomic mass is 10.1. The van der Waals surface area contributed by atoms with E-state index in [-0.39, 0.29) is 0 Å². The first-order valence-electron chi connectivity index (χ1n) is 7.38. The average molecular weight is 299 g/mol. The van der Waals surface area contributed by atoms with E-state index in [9.17, 15) is 0 Å². The predicted molar refractivity (Wildman–Crippen MR) is 89.2 cm³/mol. The maximum Gasteiger partial charge on any atom is 0.118 e. The van der Waals surface area contributed by atoms with Gasteiger partial charge in [-0.25, -0.2) is 0 Å². The predicted octanol–water partition coefficient (Wildman–Crippen LogP) is 4.06. The van der Waals surface area contributed by atoms with E-state index < -0.39 is 0 Å². The number of ether oxygens (including phenoxy) is 1. The third kappa shape index (κ3) is 3.42. The molecule has 21 heavy (non-hydrogen) atoms. The van der Waals surface area contributed by atoms with Gasteiger partial charge in [0.05, 0.1) is 7.11 Å². The fourth-order valence-corrected chi connectivity index (χ4v) is 3.95. The van der Waals surface area contributed by atoms with Gasteiger partial charge in [0.25, 0.3) is 0 Å². The Kier molecular flexibility index (Phi) is 4.51. The summed E-state index contributed by atoms with van der Waals surface area (Å²) in [4.78, 5) is 1.45. The molecule has 0 aromatic heterocycles. The van der Waals surface area contributed by atoms with Crippen LogP contribution in [0.2, 0.25) is 0 Å². The van der Waals surface area contributed by atoms with E-state index in [0.29, 0.717) is 11.3 Å². The highest BCUT2D eigenvalue weighted by molar-refractivity contribution is 8.00. The molecule has 2 nitrogen and oxygen atoms in total. The van der Waals surface area contributed by atoms with Gasteiger partial charge in [-0.3, -0.25) is 0 Å². The molecule has 2 unspecified atom stereocenters. The van der Waals surface area contributed by atoms with Crippen LogP contribution in [0, 0.1) is 0 Å². The Hall–Kier alpha value is -1.45. The molecule has 1 N–H and O–H groups in total. The molecule has 0 spiro atoms. The van der Waals surface area contributed by atoms with E-state index in [1.165, 1.54) is 22.4 Å². The zero-order valence-corrected chi connectivity index (χ0v) is 13.3. The van der Waals surface area contributed by atoms with Gasteiger partial charge in [0.1, 0.15) is 5.75 Å². The molecule has 1 aliphatic rings. The minimum absolute atomic E-state index is 0.361. The van der Waals surface area contributed by atoms with Crippen molar-refractivity contribution in [1.82, 2.24) is 5.32 Å². The highest BCUT2D eigenvalue weighted by Crippen LogP contribution is 2.36. The van der Waals surface area contributed by atoms with E-state index in [0.717, 1.165) is 12.3 Å². The summed E-state index contributed by atoms with van der Waals surface area (Å²) in [7, 11) is 1.70. The number of hydrogen-bond donors (Lipinski definition) is 1. The summed E-state index contributed by atoms with van der Waals surface area (Å²) in [6.07, 6.45) is 1.17. The maximum atomic E-state index is 5.20. The third-order valence-electron chi connectivity index (χ3n) is 3.98. The quantitative estimate of drug-likeness (QED) is 0.899. The molecule has 0 radical (unpaired) electrons. The number of methoxy groups -OCH3 is 1. The molecule has 3 heteroatoms. The van der Waals surface area contributed by atoms with Crippen molar-refractivity contribution in [3.63, 3.8) is 0 Å². The average Bonchev–Trinajstić information content (AvgIpc) is 2.95. The van der Waals surface area contributed by atoms with Crippen LogP contribution >= 0.6 is 11.8 Å². The van der Waals surface area contributed by atoms with Crippen molar-refractivity contribution in [2.75, 3.05) is 13.7 Å². The second kappa shape index (κ2) is 6.54. The topological polar surface area (TPSA) is 21.3 Å². The molecule has 0 saturated heterocycles. The van der Waals surface area contributed by atoms with Crippen LogP contribution in [-0.4, -0.2) is 18.9 Å². The number of fused-ring (bicyclic) bond motifs is 1. The van der Waals surface area contributed by atoms with Gasteiger partial charge in [-0.15, -0.1) is 11.8 Å². The summed E-state index contributed by atoms with van der Waals surface area (Å²) in [6.45, 7) is 3.25. The number of nitrogens with one attached hydrogen (secondary N) is 1. The van der Waals surface area contributed by atoms with Crippen molar-refractivity contribution in [3.8, 4) is 5.75 Å². The van der Waals surface area contributed by atoms with Crippen molar-refractivity contribution in [2.24, 2.45) is 0 Å². The number of rotatable bonds is 5. The molecule has 0 amide bonds. The van der Waals surface area contributed by atoms with Gasteiger partial charge in [-0.1, -0.05) is 30.3 Å². The summed E-state index contributed by atoms with van der Waals surface area (Å²) in [6, 6.07) is 17.4. The maximum absolute atomic E-state index is 5.20. The molecular formula is C18H21NOS. The SMILES string of the molecule is COc1ccc(C(C)NCC2Cc3ccccc3S2)cc1. The van der Waals surface area contributed by atoms with Gasteiger partial charge in [0.15, 0.2) is 0 Å². The van der Waals surface area contributed by atoms with Crippen LogP contribution in [0.4, 0.5) is 0 Å². The van der Waals surface area contributed by atoms with Crippen molar-refractivity contribution < 1.29 is 4.74 Å². The van der Waals surface area contributed by atoms with Crippen molar-refractivity contribution in [3.05, 3.63) is 59.7 Å². The molecule has 0 aliphatic carbocycles. The van der Waals surface area contributed by atoms with Crippen LogP contribution < -0.4 is 10.1 Å². The van der Waals surface area contributed by atoms with E-state index >= 15 is 0 Å². The normalized spacial score (nSPS) is 18.3. The van der Waals surface area contributed by atoms with Gasteiger partial charge in [0, 0.05) is 22.7 Å². The Morgan fingerprint density at radius 2 is 1.95 bits per heavy atom. The van der Waals surface area contributed by atoms with Gasteiger partial charge < -0.3 is 10.1 Å². The molecule has 2 atom stereocenters. The van der Waals surface area contributed by atoms with Crippen LogP contribution in [0.3, 0.4) is 0 Å². The van der Waals surface area contributed by atoms with Crippen molar-refractivity contribution in [1.29, 1.82) is 0 Å². The van der Waals surface area contributed by atoms with Crippen LogP contribution in [-0.2, 0) is 6.42 Å². The Labute approximate surface area is 130 Å². The van der Waals surface area contributed by atoms with E-state index in [1.807, 2.05) is 23.9 Å². The van der Waals surface area contributed by atoms with Gasteiger partial charge in [-0.05, 0) is 42.7 Å². The van der Waals surface area contributed by atoms with Crippen LogP contribution in [0.25, 0.3) is 0 Å². The van der Waals surface area contributed by atoms with E-state index in [4.69, 9.17) is 4.74 Å². The first-order chi connectivity index (χ1) is 10.3. The van der Waals surface area contributed by atoms with Gasteiger partial charge >= 0.3 is 0 Å². The second-order valence-corrected chi connectivity index (χ2v) is 6.80. The largest absolute Gasteiger partial charge is 0.497 e. The molecule has 3 rings (SSSR count). The first kappa shape index (κ1) is 14.5. The first-order valence-corrected chi connectivity index (χ1v) is 8.26. The van der Waals surface area contributed by atoms with Gasteiger partial charge in [-0.2, -0.15) is 0 Å². The number of benzene rings is 2. The number of hydrogen-bond acceptors (Lipinski definition) is 3. The monoisotopic (exact) mass is 299 g/mol. The summed E-state index contributed by atoms with van der Waals surface area (Å²) < 4.78 is 5.20. The molecule has 1 heterocycles. The lowest BCUT2D eigenvalue weighted by Gasteiger charge is -2.17.